The lowest BCUT2D eigenvalue weighted by Crippen LogP contribution is -2.41. The molecule has 9 heteroatoms. The molecule has 2 aromatic rings. The van der Waals surface area contributed by atoms with Gasteiger partial charge in [-0.25, -0.2) is 14.2 Å². The fraction of sp³-hybridized carbons (Fsp3) is 0.429. The number of rotatable bonds is 2. The summed E-state index contributed by atoms with van der Waals surface area (Å²) in [5.41, 5.74) is 4.84. The summed E-state index contributed by atoms with van der Waals surface area (Å²) in [4.78, 5) is 15.0. The van der Waals surface area contributed by atoms with Crippen molar-refractivity contribution in [3.63, 3.8) is 0 Å². The van der Waals surface area contributed by atoms with Crippen LogP contribution in [0.1, 0.15) is 27.7 Å². The first-order valence-electron chi connectivity index (χ1n) is 7.02. The zero-order valence-electron chi connectivity index (χ0n) is 13.2. The average Bonchev–Trinajstić information content (AvgIpc) is 2.89. The van der Waals surface area contributed by atoms with Crippen molar-refractivity contribution in [1.29, 1.82) is 0 Å². The first kappa shape index (κ1) is 16.2. The van der Waals surface area contributed by atoms with Crippen LogP contribution in [0, 0.1) is 5.82 Å². The fourth-order valence-corrected chi connectivity index (χ4v) is 3.13. The molecule has 23 heavy (non-hydrogen) atoms. The largest absolute Gasteiger partial charge is 0.497 e. The zero-order valence-corrected chi connectivity index (χ0v) is 14.0. The van der Waals surface area contributed by atoms with Crippen LogP contribution in [0.2, 0.25) is 0 Å². The first-order valence-corrected chi connectivity index (χ1v) is 7.84. The van der Waals surface area contributed by atoms with Crippen molar-refractivity contribution in [3.05, 3.63) is 17.9 Å². The Hall–Kier alpha value is -1.71. The van der Waals surface area contributed by atoms with E-state index in [9.17, 15) is 9.18 Å². The Morgan fingerprint density at radius 3 is 2.48 bits per heavy atom. The van der Waals surface area contributed by atoms with Gasteiger partial charge in [0.25, 0.3) is 5.19 Å². The number of thiazole rings is 1. The smallest absolute Gasteiger partial charge is 0.399 e. The lowest BCUT2D eigenvalue weighted by molar-refractivity contribution is 0.00578. The molecule has 0 atom stereocenters. The van der Waals surface area contributed by atoms with E-state index in [0.717, 1.165) is 11.3 Å². The molecule has 0 spiro atoms. The van der Waals surface area contributed by atoms with Crippen molar-refractivity contribution in [3.8, 4) is 5.19 Å². The molecule has 0 unspecified atom stereocenters. The van der Waals surface area contributed by atoms with Crippen molar-refractivity contribution in [2.45, 2.75) is 38.9 Å². The predicted octanol–water partition coefficient (Wildman–Crippen LogP) is 2.19. The minimum Gasteiger partial charge on any atom is -0.399 e. The van der Waals surface area contributed by atoms with Gasteiger partial charge in [-0.2, -0.15) is 0 Å². The second kappa shape index (κ2) is 5.15. The Balaban J connectivity index is 2.07. The number of primary amides is 1. The van der Waals surface area contributed by atoms with E-state index in [2.05, 4.69) is 4.98 Å². The minimum absolute atomic E-state index is 0.0182. The van der Waals surface area contributed by atoms with Gasteiger partial charge in [0.1, 0.15) is 5.82 Å². The summed E-state index contributed by atoms with van der Waals surface area (Å²) in [5.74, 6) is -0.461. The zero-order chi connectivity index (χ0) is 17.0. The van der Waals surface area contributed by atoms with Crippen LogP contribution in [0.5, 0.6) is 5.19 Å². The van der Waals surface area contributed by atoms with E-state index in [-0.39, 0.29) is 9.89 Å². The molecular formula is C14H16BFN2O4S. The normalized spacial score (nSPS) is 19.3. The highest BCUT2D eigenvalue weighted by molar-refractivity contribution is 7.20. The van der Waals surface area contributed by atoms with Gasteiger partial charge < -0.3 is 19.8 Å². The van der Waals surface area contributed by atoms with E-state index in [4.69, 9.17) is 19.8 Å². The molecular weight excluding hydrogens is 322 g/mol. The van der Waals surface area contributed by atoms with Gasteiger partial charge in [-0.1, -0.05) is 17.4 Å². The van der Waals surface area contributed by atoms with Gasteiger partial charge >= 0.3 is 13.2 Å². The van der Waals surface area contributed by atoms with Crippen LogP contribution >= 0.6 is 11.3 Å². The molecule has 2 heterocycles. The highest BCUT2D eigenvalue weighted by Crippen LogP contribution is 2.38. The number of nitrogens with two attached hydrogens (primary N) is 1. The molecule has 0 saturated carbocycles. The van der Waals surface area contributed by atoms with E-state index < -0.39 is 30.2 Å². The number of nitrogens with zero attached hydrogens (tertiary/aromatic N) is 1. The van der Waals surface area contributed by atoms with Gasteiger partial charge in [0.05, 0.1) is 21.4 Å². The summed E-state index contributed by atoms with van der Waals surface area (Å²) in [6.45, 7) is 7.71. The maximum Gasteiger partial charge on any atom is 0.497 e. The molecule has 1 amide bonds. The van der Waals surface area contributed by atoms with Gasteiger partial charge in [0.2, 0.25) is 0 Å². The Morgan fingerprint density at radius 2 is 1.91 bits per heavy atom. The number of benzene rings is 1. The molecule has 0 aliphatic carbocycles. The van der Waals surface area contributed by atoms with E-state index in [1.54, 1.807) is 6.07 Å². The number of carbonyl (C=O) groups excluding carboxylic acids is 1. The third-order valence-corrected chi connectivity index (χ3v) is 5.14. The lowest BCUT2D eigenvalue weighted by Gasteiger charge is -2.32. The van der Waals surface area contributed by atoms with Crippen LogP contribution in [0.15, 0.2) is 12.1 Å². The SMILES string of the molecule is CC1(C)OB(c2ccc(F)c3sc(OC(N)=O)nc23)OC1(C)C. The molecule has 1 saturated heterocycles. The molecule has 1 aromatic carbocycles. The number of fused-ring (bicyclic) bond motifs is 1. The summed E-state index contributed by atoms with van der Waals surface area (Å²) in [6.07, 6.45) is -0.998. The van der Waals surface area contributed by atoms with E-state index in [1.807, 2.05) is 27.7 Å². The Bertz CT molecular complexity index is 776. The minimum atomic E-state index is -0.998. The number of amides is 1. The Kier molecular flexibility index (Phi) is 3.62. The number of hydrogen-bond acceptors (Lipinski definition) is 6. The van der Waals surface area contributed by atoms with Crippen molar-refractivity contribution in [2.75, 3.05) is 0 Å². The third kappa shape index (κ3) is 2.69. The average molecular weight is 338 g/mol. The summed E-state index contributed by atoms with van der Waals surface area (Å²) in [6, 6.07) is 2.88. The van der Waals surface area contributed by atoms with E-state index in [1.165, 1.54) is 6.07 Å². The molecule has 1 aliphatic rings. The summed E-state index contributed by atoms with van der Waals surface area (Å²) < 4.78 is 31.0. The number of ether oxygens (including phenoxy) is 1. The number of hydrogen-bond donors (Lipinski definition) is 1. The molecule has 3 rings (SSSR count). The van der Waals surface area contributed by atoms with E-state index in [0.29, 0.717) is 11.0 Å². The van der Waals surface area contributed by atoms with Crippen molar-refractivity contribution in [2.24, 2.45) is 5.73 Å². The second-order valence-corrected chi connectivity index (χ2v) is 7.27. The van der Waals surface area contributed by atoms with Gasteiger partial charge in [0, 0.05) is 5.46 Å². The summed E-state index contributed by atoms with van der Waals surface area (Å²) >= 11 is 0.905. The molecule has 0 bridgehead atoms. The predicted molar refractivity (Wildman–Crippen MR) is 85.5 cm³/mol. The van der Waals surface area contributed by atoms with Gasteiger partial charge in [-0.05, 0) is 33.8 Å². The molecule has 1 fully saturated rings. The molecule has 0 radical (unpaired) electrons. The van der Waals surface area contributed by atoms with Crippen LogP contribution in [-0.4, -0.2) is 29.4 Å². The van der Waals surface area contributed by atoms with E-state index >= 15 is 0 Å². The molecule has 1 aliphatic heterocycles. The monoisotopic (exact) mass is 338 g/mol. The standard InChI is InChI=1S/C14H16BFN2O4S/c1-13(2)14(3,4)22-15(21-13)7-5-6-8(16)10-9(7)18-12(23-10)20-11(17)19/h5-6H,1-4H3,(H2,17,19). The molecule has 6 nitrogen and oxygen atoms in total. The van der Waals surface area contributed by atoms with Crippen LogP contribution in [0.3, 0.4) is 0 Å². The fourth-order valence-electron chi connectivity index (χ4n) is 2.27. The molecule has 2 N–H and O–H groups in total. The van der Waals surface area contributed by atoms with Crippen LogP contribution in [0.25, 0.3) is 10.2 Å². The molecule has 1 aromatic heterocycles. The van der Waals surface area contributed by atoms with Crippen molar-refractivity contribution in [1.82, 2.24) is 4.98 Å². The van der Waals surface area contributed by atoms with Crippen molar-refractivity contribution < 1.29 is 23.2 Å². The van der Waals surface area contributed by atoms with Crippen molar-refractivity contribution >= 4 is 40.2 Å². The first-order chi connectivity index (χ1) is 10.6. The van der Waals surface area contributed by atoms with Crippen LogP contribution in [0.4, 0.5) is 9.18 Å². The maximum atomic E-state index is 14.0. The lowest BCUT2D eigenvalue weighted by atomic mass is 9.78. The number of aromatic nitrogens is 1. The maximum absolute atomic E-state index is 14.0. The second-order valence-electron chi connectivity index (χ2n) is 6.30. The van der Waals surface area contributed by atoms with Crippen LogP contribution < -0.4 is 15.9 Å². The number of carbonyl (C=O) groups is 1. The van der Waals surface area contributed by atoms with Gasteiger partial charge in [-0.3, -0.25) is 0 Å². The Labute approximate surface area is 136 Å². The molecule has 122 valence electrons. The highest BCUT2D eigenvalue weighted by atomic mass is 32.1. The van der Waals surface area contributed by atoms with Gasteiger partial charge in [-0.15, -0.1) is 0 Å². The Morgan fingerprint density at radius 1 is 1.30 bits per heavy atom. The summed E-state index contributed by atoms with van der Waals surface area (Å²) in [5, 5.41) is -0.0182. The third-order valence-electron chi connectivity index (χ3n) is 4.20. The summed E-state index contributed by atoms with van der Waals surface area (Å²) in [7, 11) is -0.688. The topological polar surface area (TPSA) is 83.7 Å². The van der Waals surface area contributed by atoms with Gasteiger partial charge in [0.15, 0.2) is 0 Å². The number of halogens is 1. The van der Waals surface area contributed by atoms with Crippen LogP contribution in [-0.2, 0) is 9.31 Å². The quantitative estimate of drug-likeness (QED) is 0.849. The highest BCUT2D eigenvalue weighted by Gasteiger charge is 2.52.